The fourth-order valence-electron chi connectivity index (χ4n) is 1.07. The summed E-state index contributed by atoms with van der Waals surface area (Å²) in [5.41, 5.74) is 6.56. The number of hydrogen-bond donors (Lipinski definition) is 4. The lowest BCUT2D eigenvalue weighted by Crippen LogP contribution is -2.09. The van der Waals surface area contributed by atoms with Gasteiger partial charge in [0.15, 0.2) is 0 Å². The van der Waals surface area contributed by atoms with E-state index < -0.39 is 11.9 Å². The number of aliphatic hydroxyl groups is 1. The van der Waals surface area contributed by atoms with Crippen LogP contribution in [0.4, 0.5) is 0 Å². The van der Waals surface area contributed by atoms with E-state index in [0.29, 0.717) is 13.1 Å². The zero-order chi connectivity index (χ0) is 14.0. The van der Waals surface area contributed by atoms with Gasteiger partial charge in [-0.25, -0.2) is 9.59 Å². The molecule has 102 valence electrons. The molecular weight excluding hydrogens is 242 g/mol. The van der Waals surface area contributed by atoms with Crippen LogP contribution in [0, 0.1) is 0 Å². The Kier molecular flexibility index (Phi) is 8.16. The SMILES string of the molecule is NCCCc1cnn(CCO)c1.O=C(O)C(=O)O. The number of aliphatic carboxylic acids is 2. The molecule has 0 bridgehead atoms. The van der Waals surface area contributed by atoms with Crippen molar-refractivity contribution in [2.75, 3.05) is 13.2 Å². The number of carboxylic acids is 2. The zero-order valence-electron chi connectivity index (χ0n) is 9.82. The molecule has 5 N–H and O–H groups in total. The molecule has 0 fully saturated rings. The summed E-state index contributed by atoms with van der Waals surface area (Å²) in [6.07, 6.45) is 5.74. The molecule has 1 aromatic rings. The first-order valence-electron chi connectivity index (χ1n) is 5.29. The van der Waals surface area contributed by atoms with Crippen LogP contribution in [0.3, 0.4) is 0 Å². The Morgan fingerprint density at radius 3 is 2.39 bits per heavy atom. The number of aliphatic hydroxyl groups excluding tert-OH is 1. The molecule has 0 aliphatic heterocycles. The van der Waals surface area contributed by atoms with Gasteiger partial charge in [0, 0.05) is 6.20 Å². The van der Waals surface area contributed by atoms with Gasteiger partial charge in [-0.05, 0) is 24.9 Å². The fourth-order valence-corrected chi connectivity index (χ4v) is 1.07. The van der Waals surface area contributed by atoms with E-state index in [0.717, 1.165) is 12.8 Å². The minimum atomic E-state index is -1.82. The number of hydrogen-bond acceptors (Lipinski definition) is 5. The van der Waals surface area contributed by atoms with Crippen LogP contribution in [0.1, 0.15) is 12.0 Å². The first-order valence-corrected chi connectivity index (χ1v) is 5.29. The molecule has 8 heteroatoms. The molecule has 0 radical (unpaired) electrons. The van der Waals surface area contributed by atoms with Crippen LogP contribution in [0.5, 0.6) is 0 Å². The van der Waals surface area contributed by atoms with Crippen LogP contribution < -0.4 is 5.73 Å². The van der Waals surface area contributed by atoms with Gasteiger partial charge in [0.25, 0.3) is 0 Å². The molecule has 0 saturated carbocycles. The minimum Gasteiger partial charge on any atom is -0.473 e. The molecular formula is C10H17N3O5. The van der Waals surface area contributed by atoms with Gasteiger partial charge in [0.2, 0.25) is 0 Å². The Morgan fingerprint density at radius 2 is 1.94 bits per heavy atom. The number of aryl methyl sites for hydroxylation is 1. The summed E-state index contributed by atoms with van der Waals surface area (Å²) in [7, 11) is 0. The molecule has 0 atom stereocenters. The van der Waals surface area contributed by atoms with Gasteiger partial charge in [-0.3, -0.25) is 4.68 Å². The Bertz CT molecular complexity index is 365. The Morgan fingerprint density at radius 1 is 1.33 bits per heavy atom. The molecule has 1 aromatic heterocycles. The molecule has 0 amide bonds. The normalized spacial score (nSPS) is 9.44. The van der Waals surface area contributed by atoms with Crippen molar-refractivity contribution in [1.82, 2.24) is 9.78 Å². The summed E-state index contributed by atoms with van der Waals surface area (Å²) in [4.78, 5) is 18.2. The van der Waals surface area contributed by atoms with Gasteiger partial charge in [-0.1, -0.05) is 0 Å². The number of aromatic nitrogens is 2. The summed E-state index contributed by atoms with van der Waals surface area (Å²) in [6, 6.07) is 0. The molecule has 0 spiro atoms. The van der Waals surface area contributed by atoms with Crippen molar-refractivity contribution in [3.8, 4) is 0 Å². The van der Waals surface area contributed by atoms with E-state index in [1.165, 1.54) is 5.56 Å². The quantitative estimate of drug-likeness (QED) is 0.493. The van der Waals surface area contributed by atoms with Gasteiger partial charge >= 0.3 is 11.9 Å². The first kappa shape index (κ1) is 16.1. The van der Waals surface area contributed by atoms with Gasteiger partial charge in [-0.2, -0.15) is 5.10 Å². The number of carboxylic acid groups (broad SMARTS) is 2. The maximum absolute atomic E-state index is 9.10. The Labute approximate surface area is 104 Å². The number of nitrogens with two attached hydrogens (primary N) is 1. The van der Waals surface area contributed by atoms with Crippen molar-refractivity contribution < 1.29 is 24.9 Å². The van der Waals surface area contributed by atoms with Crippen LogP contribution >= 0.6 is 0 Å². The highest BCUT2D eigenvalue weighted by Gasteiger charge is 2.04. The summed E-state index contributed by atoms with van der Waals surface area (Å²) >= 11 is 0. The van der Waals surface area contributed by atoms with Crippen LogP contribution in [-0.4, -0.2) is 50.2 Å². The van der Waals surface area contributed by atoms with Gasteiger partial charge in [0.1, 0.15) is 0 Å². The Hall–Kier alpha value is -1.93. The second kappa shape index (κ2) is 9.14. The van der Waals surface area contributed by atoms with E-state index in [2.05, 4.69) is 5.10 Å². The van der Waals surface area contributed by atoms with Gasteiger partial charge in [0.05, 0.1) is 19.3 Å². The van der Waals surface area contributed by atoms with Crippen molar-refractivity contribution in [3.63, 3.8) is 0 Å². The second-order valence-corrected chi connectivity index (χ2v) is 3.34. The molecule has 0 unspecified atom stereocenters. The summed E-state index contributed by atoms with van der Waals surface area (Å²) in [5.74, 6) is -3.65. The third kappa shape index (κ3) is 7.36. The lowest BCUT2D eigenvalue weighted by molar-refractivity contribution is -0.159. The van der Waals surface area contributed by atoms with Crippen molar-refractivity contribution in [2.24, 2.45) is 5.73 Å². The molecule has 8 nitrogen and oxygen atoms in total. The maximum Gasteiger partial charge on any atom is 0.414 e. The molecule has 0 saturated heterocycles. The van der Waals surface area contributed by atoms with Crippen molar-refractivity contribution in [2.45, 2.75) is 19.4 Å². The summed E-state index contributed by atoms with van der Waals surface area (Å²) in [6.45, 7) is 1.42. The number of rotatable bonds is 5. The molecule has 0 aromatic carbocycles. The average Bonchev–Trinajstić information content (AvgIpc) is 2.75. The van der Waals surface area contributed by atoms with E-state index in [1.807, 2.05) is 12.4 Å². The van der Waals surface area contributed by atoms with E-state index >= 15 is 0 Å². The van der Waals surface area contributed by atoms with E-state index in [1.54, 1.807) is 4.68 Å². The summed E-state index contributed by atoms with van der Waals surface area (Å²) < 4.78 is 1.74. The van der Waals surface area contributed by atoms with E-state index in [4.69, 9.17) is 30.6 Å². The molecule has 1 heterocycles. The van der Waals surface area contributed by atoms with Crippen LogP contribution in [0.15, 0.2) is 12.4 Å². The molecule has 1 rings (SSSR count). The topological polar surface area (TPSA) is 139 Å². The fraction of sp³-hybridized carbons (Fsp3) is 0.500. The summed E-state index contributed by atoms with van der Waals surface area (Å²) in [5, 5.41) is 27.5. The van der Waals surface area contributed by atoms with Crippen LogP contribution in [-0.2, 0) is 22.6 Å². The number of carbonyl (C=O) groups is 2. The predicted octanol–water partition coefficient (Wildman–Crippen LogP) is -1.08. The third-order valence-corrected chi connectivity index (χ3v) is 1.87. The zero-order valence-corrected chi connectivity index (χ0v) is 9.82. The number of nitrogens with zero attached hydrogens (tertiary/aromatic N) is 2. The second-order valence-electron chi connectivity index (χ2n) is 3.34. The third-order valence-electron chi connectivity index (χ3n) is 1.87. The van der Waals surface area contributed by atoms with Gasteiger partial charge < -0.3 is 21.1 Å². The molecule has 0 aliphatic carbocycles. The lowest BCUT2D eigenvalue weighted by atomic mass is 10.2. The smallest absolute Gasteiger partial charge is 0.414 e. The van der Waals surface area contributed by atoms with Crippen molar-refractivity contribution in [3.05, 3.63) is 18.0 Å². The highest BCUT2D eigenvalue weighted by molar-refractivity contribution is 6.27. The largest absolute Gasteiger partial charge is 0.473 e. The van der Waals surface area contributed by atoms with Crippen molar-refractivity contribution >= 4 is 11.9 Å². The highest BCUT2D eigenvalue weighted by Crippen LogP contribution is 2.00. The monoisotopic (exact) mass is 259 g/mol. The lowest BCUT2D eigenvalue weighted by Gasteiger charge is -1.95. The highest BCUT2D eigenvalue weighted by atomic mass is 16.4. The average molecular weight is 259 g/mol. The van der Waals surface area contributed by atoms with E-state index in [-0.39, 0.29) is 6.61 Å². The van der Waals surface area contributed by atoms with E-state index in [9.17, 15) is 0 Å². The first-order chi connectivity index (χ1) is 8.51. The minimum absolute atomic E-state index is 0.137. The Balaban J connectivity index is 0.000000411. The van der Waals surface area contributed by atoms with Crippen LogP contribution in [0.25, 0.3) is 0 Å². The molecule has 0 aliphatic rings. The standard InChI is InChI=1S/C8H15N3O.C2H2O4/c9-3-1-2-8-6-10-11(7-8)4-5-12;3-1(4)2(5)6/h6-7,12H,1-5,9H2;(H,3,4)(H,5,6). The van der Waals surface area contributed by atoms with Crippen molar-refractivity contribution in [1.29, 1.82) is 0 Å². The van der Waals surface area contributed by atoms with Gasteiger partial charge in [-0.15, -0.1) is 0 Å². The molecule has 18 heavy (non-hydrogen) atoms. The van der Waals surface area contributed by atoms with Crippen LogP contribution in [0.2, 0.25) is 0 Å². The maximum atomic E-state index is 9.10. The predicted molar refractivity (Wildman–Crippen MR) is 62.0 cm³/mol.